The van der Waals surface area contributed by atoms with Crippen molar-refractivity contribution in [2.24, 2.45) is 0 Å². The van der Waals surface area contributed by atoms with Gasteiger partial charge in [0.2, 0.25) is 5.89 Å². The van der Waals surface area contributed by atoms with Gasteiger partial charge in [0.15, 0.2) is 5.58 Å². The summed E-state index contributed by atoms with van der Waals surface area (Å²) in [5.74, 6) is 1.11. The molecule has 3 rings (SSSR count). The van der Waals surface area contributed by atoms with Crippen molar-refractivity contribution in [3.63, 3.8) is 0 Å². The highest BCUT2D eigenvalue weighted by molar-refractivity contribution is 5.73. The summed E-state index contributed by atoms with van der Waals surface area (Å²) in [5, 5.41) is 0. The van der Waals surface area contributed by atoms with Crippen LogP contribution in [0.3, 0.4) is 0 Å². The maximum atomic E-state index is 11.4. The molecule has 0 saturated carbocycles. The maximum Gasteiger partial charge on any atom is 0.251 e. The van der Waals surface area contributed by atoms with Crippen LogP contribution in [0.1, 0.15) is 23.0 Å². The van der Waals surface area contributed by atoms with Crippen LogP contribution in [0.4, 0.5) is 0 Å². The fourth-order valence-electron chi connectivity index (χ4n) is 2.03. The van der Waals surface area contributed by atoms with Gasteiger partial charge < -0.3 is 9.40 Å². The lowest BCUT2D eigenvalue weighted by Gasteiger charge is -1.97. The van der Waals surface area contributed by atoms with Gasteiger partial charge in [-0.1, -0.05) is 6.07 Å². The Morgan fingerprint density at radius 2 is 2.05 bits per heavy atom. The second-order valence-electron chi connectivity index (χ2n) is 4.59. The molecule has 1 aromatic carbocycles. The molecule has 2 heterocycles. The molecule has 5 nitrogen and oxygen atoms in total. The SMILES string of the molecule is Cc1ccc2oc(Cc3nc(C)cc(=O)[nH]3)nc2c1. The summed E-state index contributed by atoms with van der Waals surface area (Å²) < 4.78 is 5.63. The number of oxazole rings is 1. The number of nitrogens with zero attached hydrogens (tertiary/aromatic N) is 2. The van der Waals surface area contributed by atoms with Gasteiger partial charge in [0.25, 0.3) is 5.56 Å². The summed E-state index contributed by atoms with van der Waals surface area (Å²) in [6.07, 6.45) is 0.380. The zero-order chi connectivity index (χ0) is 13.4. The number of benzene rings is 1. The van der Waals surface area contributed by atoms with Gasteiger partial charge in [-0.05, 0) is 31.5 Å². The molecule has 0 aliphatic rings. The number of H-pyrrole nitrogens is 1. The molecule has 0 aliphatic heterocycles. The van der Waals surface area contributed by atoms with E-state index in [0.29, 0.717) is 23.8 Å². The van der Waals surface area contributed by atoms with Gasteiger partial charge in [0.1, 0.15) is 11.3 Å². The highest BCUT2D eigenvalue weighted by atomic mass is 16.3. The van der Waals surface area contributed by atoms with Crippen LogP contribution in [0.5, 0.6) is 0 Å². The van der Waals surface area contributed by atoms with Gasteiger partial charge in [-0.25, -0.2) is 9.97 Å². The summed E-state index contributed by atoms with van der Waals surface area (Å²) in [7, 11) is 0. The summed E-state index contributed by atoms with van der Waals surface area (Å²) >= 11 is 0. The number of aryl methyl sites for hydroxylation is 2. The first-order valence-corrected chi connectivity index (χ1v) is 6.03. The third-order valence-electron chi connectivity index (χ3n) is 2.82. The zero-order valence-corrected chi connectivity index (χ0v) is 10.7. The second kappa shape index (κ2) is 4.35. The van der Waals surface area contributed by atoms with E-state index in [9.17, 15) is 4.79 Å². The molecule has 96 valence electrons. The van der Waals surface area contributed by atoms with Crippen LogP contribution < -0.4 is 5.56 Å². The van der Waals surface area contributed by atoms with Crippen LogP contribution in [0.15, 0.2) is 33.5 Å². The number of hydrogen-bond donors (Lipinski definition) is 1. The third-order valence-corrected chi connectivity index (χ3v) is 2.82. The Balaban J connectivity index is 1.98. The molecule has 2 aromatic heterocycles. The Morgan fingerprint density at radius 3 is 2.84 bits per heavy atom. The lowest BCUT2D eigenvalue weighted by molar-refractivity contribution is 0.538. The van der Waals surface area contributed by atoms with Crippen LogP contribution >= 0.6 is 0 Å². The van der Waals surface area contributed by atoms with Gasteiger partial charge in [-0.2, -0.15) is 0 Å². The fourth-order valence-corrected chi connectivity index (χ4v) is 2.03. The molecule has 0 radical (unpaired) electrons. The average molecular weight is 255 g/mol. The van der Waals surface area contributed by atoms with Crippen molar-refractivity contribution in [1.82, 2.24) is 15.0 Å². The van der Waals surface area contributed by atoms with Crippen molar-refractivity contribution < 1.29 is 4.42 Å². The number of hydrogen-bond acceptors (Lipinski definition) is 4. The normalized spacial score (nSPS) is 11.1. The average Bonchev–Trinajstić information content (AvgIpc) is 2.68. The standard InChI is InChI=1S/C14H13N3O2/c1-8-3-4-11-10(5-8)16-14(19-11)7-12-15-9(2)6-13(18)17-12/h3-6H,7H2,1-2H3,(H,15,17,18). The lowest BCUT2D eigenvalue weighted by atomic mass is 10.2. The molecule has 0 bridgehead atoms. The Hall–Kier alpha value is -2.43. The molecular formula is C14H13N3O2. The first-order chi connectivity index (χ1) is 9.10. The maximum absolute atomic E-state index is 11.4. The van der Waals surface area contributed by atoms with Crippen molar-refractivity contribution in [2.45, 2.75) is 20.3 Å². The summed E-state index contributed by atoms with van der Waals surface area (Å²) in [6.45, 7) is 3.79. The van der Waals surface area contributed by atoms with E-state index in [0.717, 1.165) is 16.7 Å². The second-order valence-corrected chi connectivity index (χ2v) is 4.59. The minimum absolute atomic E-state index is 0.158. The Bertz CT molecular complexity index is 802. The zero-order valence-electron chi connectivity index (χ0n) is 10.7. The van der Waals surface area contributed by atoms with Crippen LogP contribution in [0.2, 0.25) is 0 Å². The number of fused-ring (bicyclic) bond motifs is 1. The molecule has 0 atom stereocenters. The van der Waals surface area contributed by atoms with E-state index in [1.807, 2.05) is 25.1 Å². The third kappa shape index (κ3) is 2.40. The molecule has 0 aliphatic carbocycles. The number of rotatable bonds is 2. The Kier molecular flexibility index (Phi) is 2.67. The quantitative estimate of drug-likeness (QED) is 0.761. The van der Waals surface area contributed by atoms with E-state index in [-0.39, 0.29) is 5.56 Å². The molecule has 3 aromatic rings. The Labute approximate surface area is 109 Å². The molecule has 5 heteroatoms. The number of aromatic nitrogens is 3. The molecule has 0 amide bonds. The molecule has 0 unspecified atom stereocenters. The largest absolute Gasteiger partial charge is 0.440 e. The van der Waals surface area contributed by atoms with Crippen molar-refractivity contribution in [1.29, 1.82) is 0 Å². The van der Waals surface area contributed by atoms with Crippen molar-refractivity contribution >= 4 is 11.1 Å². The van der Waals surface area contributed by atoms with Gasteiger partial charge in [0, 0.05) is 11.8 Å². The van der Waals surface area contributed by atoms with E-state index < -0.39 is 0 Å². The molecule has 0 fully saturated rings. The van der Waals surface area contributed by atoms with Crippen molar-refractivity contribution in [3.8, 4) is 0 Å². The van der Waals surface area contributed by atoms with Crippen LogP contribution in [0.25, 0.3) is 11.1 Å². The van der Waals surface area contributed by atoms with Gasteiger partial charge >= 0.3 is 0 Å². The highest BCUT2D eigenvalue weighted by Gasteiger charge is 2.08. The van der Waals surface area contributed by atoms with Crippen molar-refractivity contribution in [3.05, 3.63) is 57.6 Å². The smallest absolute Gasteiger partial charge is 0.251 e. The fraction of sp³-hybridized carbons (Fsp3) is 0.214. The van der Waals surface area contributed by atoms with E-state index in [4.69, 9.17) is 4.42 Å². The predicted octanol–water partition coefficient (Wildman–Crippen LogP) is 2.12. The summed E-state index contributed by atoms with van der Waals surface area (Å²) in [4.78, 5) is 22.7. The minimum atomic E-state index is -0.158. The van der Waals surface area contributed by atoms with Crippen molar-refractivity contribution in [2.75, 3.05) is 0 Å². The topological polar surface area (TPSA) is 71.8 Å². The predicted molar refractivity (Wildman–Crippen MR) is 71.1 cm³/mol. The Morgan fingerprint density at radius 1 is 1.21 bits per heavy atom. The number of aromatic amines is 1. The van der Waals surface area contributed by atoms with Gasteiger partial charge in [0.05, 0.1) is 6.42 Å². The van der Waals surface area contributed by atoms with Crippen LogP contribution in [-0.4, -0.2) is 15.0 Å². The van der Waals surface area contributed by atoms with E-state index in [1.165, 1.54) is 6.07 Å². The molecule has 0 saturated heterocycles. The minimum Gasteiger partial charge on any atom is -0.440 e. The monoisotopic (exact) mass is 255 g/mol. The highest BCUT2D eigenvalue weighted by Crippen LogP contribution is 2.17. The van der Waals surface area contributed by atoms with Gasteiger partial charge in [-0.3, -0.25) is 4.79 Å². The van der Waals surface area contributed by atoms with E-state index in [2.05, 4.69) is 15.0 Å². The molecule has 19 heavy (non-hydrogen) atoms. The molecule has 1 N–H and O–H groups in total. The molecular weight excluding hydrogens is 242 g/mol. The number of nitrogens with one attached hydrogen (secondary N) is 1. The van der Waals surface area contributed by atoms with Crippen LogP contribution in [-0.2, 0) is 6.42 Å². The first-order valence-electron chi connectivity index (χ1n) is 6.03. The van der Waals surface area contributed by atoms with Gasteiger partial charge in [-0.15, -0.1) is 0 Å². The molecule has 0 spiro atoms. The summed E-state index contributed by atoms with van der Waals surface area (Å²) in [6, 6.07) is 7.30. The lowest BCUT2D eigenvalue weighted by Crippen LogP contribution is -2.11. The first kappa shape index (κ1) is 11.6. The van der Waals surface area contributed by atoms with E-state index >= 15 is 0 Å². The summed E-state index contributed by atoms with van der Waals surface area (Å²) in [5.41, 5.74) is 3.23. The van der Waals surface area contributed by atoms with Crippen LogP contribution in [0, 0.1) is 13.8 Å². The van der Waals surface area contributed by atoms with E-state index in [1.54, 1.807) is 6.92 Å².